The third kappa shape index (κ3) is 6.79. The third-order valence-electron chi connectivity index (χ3n) is 5.19. The maximum absolute atomic E-state index is 12.0. The van der Waals surface area contributed by atoms with Crippen molar-refractivity contribution < 1.29 is 64.6 Å². The van der Waals surface area contributed by atoms with E-state index in [9.17, 15) is 40.5 Å². The van der Waals surface area contributed by atoms with Gasteiger partial charge in [-0.25, -0.2) is 0 Å². The van der Waals surface area contributed by atoms with Crippen LogP contribution in [0.5, 0.6) is 0 Å². The minimum atomic E-state index is -1.79. The SMILES string of the molecule is CC#CC(=O)N[C@H]1C(O)C(O[C@@H]2OC(CO)C(O)C(O)[C@@H]2O)C(CO)O[C@H]1OC[C@H](O)CO. The van der Waals surface area contributed by atoms with E-state index in [1.807, 2.05) is 0 Å². The first kappa shape index (κ1) is 27.8. The van der Waals surface area contributed by atoms with Crippen molar-refractivity contribution >= 4 is 5.91 Å². The summed E-state index contributed by atoms with van der Waals surface area (Å²) in [5.74, 6) is 3.77. The number of rotatable bonds is 9. The van der Waals surface area contributed by atoms with Crippen LogP contribution in [-0.4, -0.2) is 141 Å². The molecule has 0 aromatic heterocycles. The summed E-state index contributed by atoms with van der Waals surface area (Å²) >= 11 is 0. The van der Waals surface area contributed by atoms with Gasteiger partial charge in [-0.1, -0.05) is 5.92 Å². The predicted octanol–water partition coefficient (Wildman–Crippen LogP) is -5.87. The van der Waals surface area contributed by atoms with E-state index in [-0.39, 0.29) is 0 Å². The Labute approximate surface area is 189 Å². The van der Waals surface area contributed by atoms with Gasteiger partial charge in [-0.2, -0.15) is 0 Å². The molecule has 2 fully saturated rings. The van der Waals surface area contributed by atoms with Gasteiger partial charge >= 0.3 is 0 Å². The first-order valence-corrected chi connectivity index (χ1v) is 10.2. The van der Waals surface area contributed by atoms with Gasteiger partial charge in [0.2, 0.25) is 0 Å². The Balaban J connectivity index is 2.24. The maximum Gasteiger partial charge on any atom is 0.296 e. The monoisotopic (exact) mass is 481 g/mol. The molecule has 1 amide bonds. The Morgan fingerprint density at radius 1 is 0.970 bits per heavy atom. The standard InChI is InChI=1S/C19H31NO13/c1-2-3-11(25)20-12-14(27)17(10(6-23)32-18(12)30-7-8(24)4-21)33-19-16(29)15(28)13(26)9(5-22)31-19/h8-10,12-19,21-24,26-29H,4-7H2,1H3,(H,20,25)/t8-,9?,10?,12+,13?,14?,15?,16+,17?,18-,19+/m1/s1. The van der Waals surface area contributed by atoms with Crippen LogP contribution < -0.4 is 5.32 Å². The average Bonchev–Trinajstić information content (AvgIpc) is 2.80. The summed E-state index contributed by atoms with van der Waals surface area (Å²) in [5, 5.41) is 81.0. The molecule has 0 aliphatic carbocycles. The van der Waals surface area contributed by atoms with Gasteiger partial charge < -0.3 is 65.1 Å². The van der Waals surface area contributed by atoms with Gasteiger partial charge in [-0.15, -0.1) is 0 Å². The summed E-state index contributed by atoms with van der Waals surface area (Å²) in [7, 11) is 0. The summed E-state index contributed by atoms with van der Waals surface area (Å²) in [6.45, 7) is -1.09. The topological polar surface area (TPSA) is 228 Å². The van der Waals surface area contributed by atoms with Gasteiger partial charge in [0, 0.05) is 0 Å². The van der Waals surface area contributed by atoms with Crippen molar-refractivity contribution in [3.8, 4) is 11.8 Å². The molecule has 0 spiro atoms. The number of aliphatic hydroxyl groups is 8. The average molecular weight is 481 g/mol. The molecule has 11 atom stereocenters. The van der Waals surface area contributed by atoms with Crippen LogP contribution in [0.1, 0.15) is 6.92 Å². The number of hydrogen-bond acceptors (Lipinski definition) is 13. The second-order valence-corrected chi connectivity index (χ2v) is 7.56. The van der Waals surface area contributed by atoms with E-state index in [1.165, 1.54) is 6.92 Å². The van der Waals surface area contributed by atoms with Crippen molar-refractivity contribution in [2.75, 3.05) is 26.4 Å². The zero-order valence-electron chi connectivity index (χ0n) is 17.8. The normalized spacial score (nSPS) is 39.9. The zero-order chi connectivity index (χ0) is 24.7. The van der Waals surface area contributed by atoms with Gasteiger partial charge in [0.05, 0.1) is 26.4 Å². The van der Waals surface area contributed by atoms with Crippen LogP contribution in [0.3, 0.4) is 0 Å². The molecule has 0 saturated carbocycles. The van der Waals surface area contributed by atoms with Gasteiger partial charge in [-0.05, 0) is 12.8 Å². The highest BCUT2D eigenvalue weighted by atomic mass is 16.7. The van der Waals surface area contributed by atoms with Crippen LogP contribution in [0.4, 0.5) is 0 Å². The molecule has 2 aliphatic rings. The Hall–Kier alpha value is -1.45. The molecule has 2 saturated heterocycles. The minimum Gasteiger partial charge on any atom is -0.394 e. The molecule has 6 unspecified atom stereocenters. The smallest absolute Gasteiger partial charge is 0.296 e. The van der Waals surface area contributed by atoms with Gasteiger partial charge in [0.1, 0.15) is 54.9 Å². The van der Waals surface area contributed by atoms with E-state index >= 15 is 0 Å². The Morgan fingerprint density at radius 2 is 1.61 bits per heavy atom. The van der Waals surface area contributed by atoms with E-state index in [1.54, 1.807) is 0 Å². The highest BCUT2D eigenvalue weighted by Crippen LogP contribution is 2.29. The van der Waals surface area contributed by atoms with Crippen LogP contribution >= 0.6 is 0 Å². The molecule has 2 heterocycles. The van der Waals surface area contributed by atoms with Crippen molar-refractivity contribution in [3.05, 3.63) is 0 Å². The summed E-state index contributed by atoms with van der Waals surface area (Å²) in [6.07, 6.45) is -15.2. The summed E-state index contributed by atoms with van der Waals surface area (Å²) < 4.78 is 21.7. The number of nitrogens with one attached hydrogen (secondary N) is 1. The number of carbonyl (C=O) groups excluding carboxylic acids is 1. The molecule has 33 heavy (non-hydrogen) atoms. The second-order valence-electron chi connectivity index (χ2n) is 7.56. The Morgan fingerprint density at radius 3 is 2.18 bits per heavy atom. The second kappa shape index (κ2) is 12.9. The maximum atomic E-state index is 12.0. The minimum absolute atomic E-state index is 0.434. The molecule has 0 radical (unpaired) electrons. The van der Waals surface area contributed by atoms with E-state index in [0.29, 0.717) is 0 Å². The molecule has 0 aromatic rings. The number of ether oxygens (including phenoxy) is 4. The van der Waals surface area contributed by atoms with E-state index in [0.717, 1.165) is 0 Å². The first-order chi connectivity index (χ1) is 15.7. The summed E-state index contributed by atoms with van der Waals surface area (Å²) in [4.78, 5) is 12.0. The number of carbonyl (C=O) groups is 1. The molecular weight excluding hydrogens is 450 g/mol. The lowest BCUT2D eigenvalue weighted by Crippen LogP contribution is -2.67. The fourth-order valence-corrected chi connectivity index (χ4v) is 3.43. The molecule has 0 aromatic carbocycles. The zero-order valence-corrected chi connectivity index (χ0v) is 17.8. The van der Waals surface area contributed by atoms with Gasteiger partial charge in [0.25, 0.3) is 5.91 Å². The summed E-state index contributed by atoms with van der Waals surface area (Å²) in [6, 6.07) is -1.35. The predicted molar refractivity (Wildman–Crippen MR) is 105 cm³/mol. The van der Waals surface area contributed by atoms with Crippen molar-refractivity contribution in [2.24, 2.45) is 0 Å². The quantitative estimate of drug-likeness (QED) is 0.140. The van der Waals surface area contributed by atoms with E-state index < -0.39 is 99.8 Å². The Bertz CT molecular complexity index is 682. The molecule has 0 bridgehead atoms. The van der Waals surface area contributed by atoms with Crippen molar-refractivity contribution in [2.45, 2.75) is 74.4 Å². The molecule has 2 aliphatic heterocycles. The van der Waals surface area contributed by atoms with Crippen LogP contribution in [-0.2, 0) is 23.7 Å². The molecule has 14 heteroatoms. The largest absolute Gasteiger partial charge is 0.394 e. The lowest BCUT2D eigenvalue weighted by atomic mass is 9.95. The lowest BCUT2D eigenvalue weighted by molar-refractivity contribution is -0.349. The van der Waals surface area contributed by atoms with E-state index in [4.69, 9.17) is 24.1 Å². The third-order valence-corrected chi connectivity index (χ3v) is 5.19. The van der Waals surface area contributed by atoms with Gasteiger partial charge in [0.15, 0.2) is 12.6 Å². The van der Waals surface area contributed by atoms with Crippen LogP contribution in [0.15, 0.2) is 0 Å². The van der Waals surface area contributed by atoms with Crippen LogP contribution in [0, 0.1) is 11.8 Å². The number of aliphatic hydroxyl groups excluding tert-OH is 8. The molecule has 9 N–H and O–H groups in total. The van der Waals surface area contributed by atoms with Crippen molar-refractivity contribution in [3.63, 3.8) is 0 Å². The fourth-order valence-electron chi connectivity index (χ4n) is 3.43. The molecule has 14 nitrogen and oxygen atoms in total. The highest BCUT2D eigenvalue weighted by molar-refractivity contribution is 5.93. The lowest BCUT2D eigenvalue weighted by Gasteiger charge is -2.47. The van der Waals surface area contributed by atoms with Crippen LogP contribution in [0.2, 0.25) is 0 Å². The van der Waals surface area contributed by atoms with Gasteiger partial charge in [-0.3, -0.25) is 4.79 Å². The Kier molecular flexibility index (Phi) is 10.8. The number of hydrogen-bond donors (Lipinski definition) is 9. The molecule has 190 valence electrons. The van der Waals surface area contributed by atoms with Crippen LogP contribution in [0.25, 0.3) is 0 Å². The van der Waals surface area contributed by atoms with Crippen molar-refractivity contribution in [1.29, 1.82) is 0 Å². The fraction of sp³-hybridized carbons (Fsp3) is 0.842. The highest BCUT2D eigenvalue weighted by Gasteiger charge is 2.51. The van der Waals surface area contributed by atoms with Crippen molar-refractivity contribution in [1.82, 2.24) is 5.32 Å². The molecule has 2 rings (SSSR count). The molecular formula is C19H31NO13. The van der Waals surface area contributed by atoms with E-state index in [2.05, 4.69) is 17.2 Å². The summed E-state index contributed by atoms with van der Waals surface area (Å²) in [5.41, 5.74) is 0. The first-order valence-electron chi connectivity index (χ1n) is 10.2. The number of amides is 1.